The number of halogens is 1. The van der Waals surface area contributed by atoms with Gasteiger partial charge in [0.15, 0.2) is 0 Å². The first-order valence-corrected chi connectivity index (χ1v) is 8.66. The van der Waals surface area contributed by atoms with Gasteiger partial charge in [0.05, 0.1) is 29.8 Å². The maximum Gasteiger partial charge on any atom is 0.267 e. The molecule has 2 aromatic rings. The molecule has 1 aliphatic rings. The second kappa shape index (κ2) is 5.17. The van der Waals surface area contributed by atoms with Gasteiger partial charge < -0.3 is 4.90 Å². The second-order valence-electron chi connectivity index (χ2n) is 5.35. The Morgan fingerprint density at radius 3 is 2.55 bits per heavy atom. The summed E-state index contributed by atoms with van der Waals surface area (Å²) in [4.78, 5) is 2.25. The van der Waals surface area contributed by atoms with Crippen LogP contribution in [0.2, 0.25) is 5.02 Å². The Kier molecular flexibility index (Phi) is 3.57. The molecule has 8 heteroatoms. The Balaban J connectivity index is 2.15. The molecule has 3 rings (SSSR count). The Morgan fingerprint density at radius 2 is 1.91 bits per heavy atom. The quantitative estimate of drug-likeness (QED) is 0.839. The van der Waals surface area contributed by atoms with Crippen molar-refractivity contribution in [1.29, 1.82) is 0 Å². The van der Waals surface area contributed by atoms with E-state index in [1.54, 1.807) is 30.8 Å². The molecule has 0 saturated heterocycles. The third-order valence-electron chi connectivity index (χ3n) is 4.01. The average molecular weight is 341 g/mol. The third kappa shape index (κ3) is 2.24. The number of aromatic nitrogens is 2. The number of fused-ring (bicyclic) bond motifs is 1. The number of anilines is 2. The monoisotopic (exact) mass is 340 g/mol. The molecule has 1 aromatic heterocycles. The lowest BCUT2D eigenvalue weighted by Crippen LogP contribution is -2.42. The number of benzene rings is 1. The third-order valence-corrected chi connectivity index (χ3v) is 6.17. The molecule has 118 valence electrons. The lowest BCUT2D eigenvalue weighted by atomic mass is 10.2. The zero-order chi connectivity index (χ0) is 16.1. The minimum Gasteiger partial charge on any atom is -0.371 e. The standard InChI is InChI=1S/C14H17ClN4O2S/c1-10-14(9-16-18(10)3)22(20,21)19-7-6-17(2)12-5-4-11(15)8-13(12)19/h4-5,8-9H,6-7H2,1-3H3. The largest absolute Gasteiger partial charge is 0.371 e. The van der Waals surface area contributed by atoms with Crippen LogP contribution in [0.1, 0.15) is 5.69 Å². The highest BCUT2D eigenvalue weighted by atomic mass is 35.5. The molecule has 22 heavy (non-hydrogen) atoms. The summed E-state index contributed by atoms with van der Waals surface area (Å²) in [5.41, 5.74) is 2.06. The van der Waals surface area contributed by atoms with Crippen LogP contribution in [-0.2, 0) is 17.1 Å². The molecule has 1 aliphatic heterocycles. The summed E-state index contributed by atoms with van der Waals surface area (Å²) in [6.45, 7) is 2.74. The summed E-state index contributed by atoms with van der Waals surface area (Å²) in [5, 5.41) is 4.55. The molecular weight excluding hydrogens is 324 g/mol. The number of aryl methyl sites for hydroxylation is 1. The van der Waals surface area contributed by atoms with Gasteiger partial charge in [0, 0.05) is 25.7 Å². The van der Waals surface area contributed by atoms with Crippen LogP contribution in [0, 0.1) is 6.92 Å². The molecule has 0 atom stereocenters. The molecule has 0 radical (unpaired) electrons. The minimum atomic E-state index is -3.66. The summed E-state index contributed by atoms with van der Waals surface area (Å²) in [6, 6.07) is 5.30. The van der Waals surface area contributed by atoms with Crippen molar-refractivity contribution < 1.29 is 8.42 Å². The van der Waals surface area contributed by atoms with Crippen LogP contribution in [0.15, 0.2) is 29.3 Å². The van der Waals surface area contributed by atoms with Crippen molar-refractivity contribution in [1.82, 2.24) is 9.78 Å². The van der Waals surface area contributed by atoms with Gasteiger partial charge in [-0.2, -0.15) is 5.10 Å². The van der Waals surface area contributed by atoms with Gasteiger partial charge in [0.2, 0.25) is 0 Å². The molecule has 2 heterocycles. The van der Waals surface area contributed by atoms with Crippen molar-refractivity contribution in [3.8, 4) is 0 Å². The predicted molar refractivity (Wildman–Crippen MR) is 87.2 cm³/mol. The molecule has 0 spiro atoms. The molecule has 1 aromatic carbocycles. The number of rotatable bonds is 2. The smallest absolute Gasteiger partial charge is 0.267 e. The highest BCUT2D eigenvalue weighted by molar-refractivity contribution is 7.92. The first-order valence-electron chi connectivity index (χ1n) is 6.84. The molecule has 0 amide bonds. The predicted octanol–water partition coefficient (Wildman–Crippen LogP) is 2.03. The summed E-state index contributed by atoms with van der Waals surface area (Å²) in [7, 11) is 0.00110. The van der Waals surface area contributed by atoms with Crippen molar-refractivity contribution >= 4 is 33.0 Å². The van der Waals surface area contributed by atoms with Crippen LogP contribution < -0.4 is 9.21 Å². The van der Waals surface area contributed by atoms with Crippen molar-refractivity contribution in [2.24, 2.45) is 7.05 Å². The molecular formula is C14H17ClN4O2S. The van der Waals surface area contributed by atoms with E-state index in [0.717, 1.165) is 5.69 Å². The second-order valence-corrected chi connectivity index (χ2v) is 7.62. The summed E-state index contributed by atoms with van der Waals surface area (Å²) < 4.78 is 29.0. The maximum absolute atomic E-state index is 13.0. The van der Waals surface area contributed by atoms with E-state index in [4.69, 9.17) is 11.6 Å². The van der Waals surface area contributed by atoms with Gasteiger partial charge in [-0.15, -0.1) is 0 Å². The normalized spacial score (nSPS) is 15.1. The van der Waals surface area contributed by atoms with Crippen LogP contribution in [0.3, 0.4) is 0 Å². The Morgan fingerprint density at radius 1 is 1.18 bits per heavy atom. The number of nitrogens with zero attached hydrogens (tertiary/aromatic N) is 4. The van der Waals surface area contributed by atoms with Gasteiger partial charge in [-0.25, -0.2) is 8.42 Å². The summed E-state index contributed by atoms with van der Waals surface area (Å²) in [6.07, 6.45) is 1.40. The first kappa shape index (κ1) is 15.2. The molecule has 0 N–H and O–H groups in total. The first-order chi connectivity index (χ1) is 10.3. The fourth-order valence-electron chi connectivity index (χ4n) is 2.60. The fraction of sp³-hybridized carbons (Fsp3) is 0.357. The van der Waals surface area contributed by atoms with Crippen molar-refractivity contribution in [2.45, 2.75) is 11.8 Å². The van der Waals surface area contributed by atoms with Crippen LogP contribution in [0.5, 0.6) is 0 Å². The van der Waals surface area contributed by atoms with E-state index in [-0.39, 0.29) is 4.90 Å². The van der Waals surface area contributed by atoms with Crippen LogP contribution in [-0.4, -0.2) is 38.3 Å². The molecule has 0 bridgehead atoms. The Labute approximate surface area is 134 Å². The molecule has 0 unspecified atom stereocenters. The molecule has 0 aliphatic carbocycles. The molecule has 0 saturated carbocycles. The zero-order valence-corrected chi connectivity index (χ0v) is 14.2. The van der Waals surface area contributed by atoms with Gasteiger partial charge in [-0.3, -0.25) is 8.99 Å². The van der Waals surface area contributed by atoms with Gasteiger partial charge in [-0.1, -0.05) is 11.6 Å². The molecule has 6 nitrogen and oxygen atoms in total. The number of likely N-dealkylation sites (N-methyl/N-ethyl adjacent to an activating group) is 1. The van der Waals surface area contributed by atoms with Crippen LogP contribution in [0.4, 0.5) is 11.4 Å². The van der Waals surface area contributed by atoms with Gasteiger partial charge >= 0.3 is 0 Å². The van der Waals surface area contributed by atoms with E-state index < -0.39 is 10.0 Å². The van der Waals surface area contributed by atoms with E-state index in [9.17, 15) is 8.42 Å². The number of hydrogen-bond donors (Lipinski definition) is 0. The lowest BCUT2D eigenvalue weighted by Gasteiger charge is -2.36. The van der Waals surface area contributed by atoms with Crippen LogP contribution in [0.25, 0.3) is 0 Å². The summed E-state index contributed by atoms with van der Waals surface area (Å²) in [5.74, 6) is 0. The highest BCUT2D eigenvalue weighted by Gasteiger charge is 2.33. The fourth-order valence-corrected chi connectivity index (χ4v) is 4.42. The van der Waals surface area contributed by atoms with Gasteiger partial charge in [0.1, 0.15) is 4.90 Å². The topological polar surface area (TPSA) is 58.4 Å². The number of sulfonamides is 1. The Hall–Kier alpha value is -1.73. The SMILES string of the molecule is Cc1c(S(=O)(=O)N2CCN(C)c3ccc(Cl)cc32)cnn1C. The average Bonchev–Trinajstić information content (AvgIpc) is 2.79. The minimum absolute atomic E-state index is 0.227. The number of hydrogen-bond acceptors (Lipinski definition) is 4. The van der Waals surface area contributed by atoms with E-state index in [2.05, 4.69) is 5.10 Å². The van der Waals surface area contributed by atoms with E-state index in [0.29, 0.717) is 29.5 Å². The zero-order valence-electron chi connectivity index (χ0n) is 12.6. The lowest BCUT2D eigenvalue weighted by molar-refractivity contribution is 0.588. The van der Waals surface area contributed by atoms with Crippen LogP contribution >= 0.6 is 11.6 Å². The van der Waals surface area contributed by atoms with Gasteiger partial charge in [-0.05, 0) is 25.1 Å². The highest BCUT2D eigenvalue weighted by Crippen LogP contribution is 2.37. The van der Waals surface area contributed by atoms with E-state index in [1.807, 2.05) is 18.0 Å². The van der Waals surface area contributed by atoms with Crippen molar-refractivity contribution in [3.05, 3.63) is 35.1 Å². The molecule has 0 fully saturated rings. The summed E-state index contributed by atoms with van der Waals surface area (Å²) >= 11 is 6.06. The van der Waals surface area contributed by atoms with Gasteiger partial charge in [0.25, 0.3) is 10.0 Å². The maximum atomic E-state index is 13.0. The van der Waals surface area contributed by atoms with E-state index in [1.165, 1.54) is 10.5 Å². The van der Waals surface area contributed by atoms with Crippen molar-refractivity contribution in [3.63, 3.8) is 0 Å². The van der Waals surface area contributed by atoms with E-state index >= 15 is 0 Å². The Bertz CT molecular complexity index is 831. The van der Waals surface area contributed by atoms with Crippen molar-refractivity contribution in [2.75, 3.05) is 29.3 Å².